The second-order valence-corrected chi connectivity index (χ2v) is 7.59. The first-order valence-electron chi connectivity index (χ1n) is 8.09. The molecule has 3 atom stereocenters. The molecule has 2 heterocycles. The third kappa shape index (κ3) is 3.40. The van der Waals surface area contributed by atoms with E-state index < -0.39 is 0 Å². The van der Waals surface area contributed by atoms with E-state index >= 15 is 0 Å². The van der Waals surface area contributed by atoms with Crippen molar-refractivity contribution >= 4 is 29.5 Å². The lowest BCUT2D eigenvalue weighted by Crippen LogP contribution is -2.43. The van der Waals surface area contributed by atoms with Crippen LogP contribution in [0, 0.1) is 10.7 Å². The van der Waals surface area contributed by atoms with Crippen molar-refractivity contribution in [3.05, 3.63) is 22.3 Å². The molecule has 23 heavy (non-hydrogen) atoms. The SMILES string of the molecule is CC1CCCCC1NC(=O)C(C)n1c(-c2cccs2)n[nH]c1=S. The van der Waals surface area contributed by atoms with Crippen LogP contribution in [0.5, 0.6) is 0 Å². The van der Waals surface area contributed by atoms with Gasteiger partial charge in [0.05, 0.1) is 4.88 Å². The van der Waals surface area contributed by atoms with Gasteiger partial charge >= 0.3 is 0 Å². The van der Waals surface area contributed by atoms with Crippen molar-refractivity contribution in [2.24, 2.45) is 5.92 Å². The van der Waals surface area contributed by atoms with E-state index in [9.17, 15) is 4.79 Å². The molecular weight excluding hydrogens is 328 g/mol. The minimum absolute atomic E-state index is 0.0130. The Balaban J connectivity index is 1.80. The largest absolute Gasteiger partial charge is 0.351 e. The van der Waals surface area contributed by atoms with E-state index in [-0.39, 0.29) is 18.0 Å². The number of carbonyl (C=O) groups excluding carboxylic acids is 1. The summed E-state index contributed by atoms with van der Waals surface area (Å²) in [6.07, 6.45) is 4.70. The number of nitrogens with zero attached hydrogens (tertiary/aromatic N) is 2. The minimum atomic E-state index is -0.382. The molecule has 1 aliphatic rings. The van der Waals surface area contributed by atoms with Crippen molar-refractivity contribution in [1.29, 1.82) is 0 Å². The number of rotatable bonds is 4. The second-order valence-electron chi connectivity index (χ2n) is 6.25. The maximum atomic E-state index is 12.7. The van der Waals surface area contributed by atoms with Gasteiger partial charge in [-0.15, -0.1) is 11.3 Å². The summed E-state index contributed by atoms with van der Waals surface area (Å²) in [6.45, 7) is 4.10. The molecule has 0 radical (unpaired) electrons. The summed E-state index contributed by atoms with van der Waals surface area (Å²) < 4.78 is 2.29. The van der Waals surface area contributed by atoms with Crippen molar-refractivity contribution in [1.82, 2.24) is 20.1 Å². The second kappa shape index (κ2) is 6.97. The fraction of sp³-hybridized carbons (Fsp3) is 0.562. The van der Waals surface area contributed by atoms with Gasteiger partial charge in [0.2, 0.25) is 5.91 Å². The van der Waals surface area contributed by atoms with Crippen LogP contribution >= 0.6 is 23.6 Å². The lowest BCUT2D eigenvalue weighted by Gasteiger charge is -2.30. The first-order chi connectivity index (χ1) is 11.1. The number of aromatic nitrogens is 3. The van der Waals surface area contributed by atoms with Gasteiger partial charge in [0.25, 0.3) is 0 Å². The molecule has 1 amide bonds. The van der Waals surface area contributed by atoms with E-state index in [1.807, 2.05) is 29.0 Å². The average molecular weight is 351 g/mol. The number of hydrogen-bond acceptors (Lipinski definition) is 4. The molecule has 2 aromatic rings. The van der Waals surface area contributed by atoms with Crippen molar-refractivity contribution < 1.29 is 4.79 Å². The van der Waals surface area contributed by atoms with E-state index in [1.54, 1.807) is 11.3 Å². The normalized spacial score (nSPS) is 22.7. The zero-order valence-corrected chi connectivity index (χ0v) is 15.0. The van der Waals surface area contributed by atoms with Crippen LogP contribution in [0.3, 0.4) is 0 Å². The molecule has 1 fully saturated rings. The molecule has 1 saturated carbocycles. The van der Waals surface area contributed by atoms with Gasteiger partial charge in [-0.3, -0.25) is 14.5 Å². The van der Waals surface area contributed by atoms with Crippen molar-refractivity contribution in [2.45, 2.75) is 51.6 Å². The van der Waals surface area contributed by atoms with Gasteiger partial charge in [-0.1, -0.05) is 25.8 Å². The Kier molecular flexibility index (Phi) is 4.96. The van der Waals surface area contributed by atoms with Gasteiger partial charge in [0.15, 0.2) is 10.6 Å². The van der Waals surface area contributed by atoms with E-state index in [2.05, 4.69) is 22.4 Å². The molecule has 7 heteroatoms. The molecule has 2 N–H and O–H groups in total. The number of thiophene rings is 1. The number of carbonyl (C=O) groups is 1. The van der Waals surface area contributed by atoms with Crippen LogP contribution in [0.1, 0.15) is 45.6 Å². The highest BCUT2D eigenvalue weighted by molar-refractivity contribution is 7.71. The quantitative estimate of drug-likeness (QED) is 0.822. The third-order valence-corrected chi connectivity index (χ3v) is 5.81. The molecule has 2 aromatic heterocycles. The smallest absolute Gasteiger partial charge is 0.243 e. The fourth-order valence-electron chi connectivity index (χ4n) is 3.19. The summed E-state index contributed by atoms with van der Waals surface area (Å²) in [5, 5.41) is 12.3. The Bertz CT molecular complexity index is 719. The summed E-state index contributed by atoms with van der Waals surface area (Å²) in [5.74, 6) is 1.28. The maximum absolute atomic E-state index is 12.7. The minimum Gasteiger partial charge on any atom is -0.351 e. The first kappa shape index (κ1) is 16.4. The summed E-state index contributed by atoms with van der Waals surface area (Å²) >= 11 is 6.93. The first-order valence-corrected chi connectivity index (χ1v) is 9.38. The van der Waals surface area contributed by atoms with Crippen LogP contribution in [0.15, 0.2) is 17.5 Å². The zero-order valence-electron chi connectivity index (χ0n) is 13.4. The summed E-state index contributed by atoms with van der Waals surface area (Å²) in [5.41, 5.74) is 0. The summed E-state index contributed by atoms with van der Waals surface area (Å²) in [7, 11) is 0. The predicted molar refractivity (Wildman–Crippen MR) is 95.0 cm³/mol. The highest BCUT2D eigenvalue weighted by Crippen LogP contribution is 2.27. The van der Waals surface area contributed by atoms with E-state index in [0.717, 1.165) is 17.1 Å². The molecule has 3 rings (SSSR count). The van der Waals surface area contributed by atoms with Gasteiger partial charge < -0.3 is 5.32 Å². The maximum Gasteiger partial charge on any atom is 0.243 e. The number of aromatic amines is 1. The molecule has 0 spiro atoms. The molecular formula is C16H22N4OS2. The number of hydrogen-bond donors (Lipinski definition) is 2. The predicted octanol–water partition coefficient (Wildman–Crippen LogP) is 3.93. The topological polar surface area (TPSA) is 62.7 Å². The number of H-pyrrole nitrogens is 1. The Labute approximate surface area is 145 Å². The Morgan fingerprint density at radius 3 is 3.00 bits per heavy atom. The molecule has 0 bridgehead atoms. The van der Waals surface area contributed by atoms with Crippen LogP contribution in [-0.4, -0.2) is 26.7 Å². The van der Waals surface area contributed by atoms with Crippen LogP contribution in [0.2, 0.25) is 0 Å². The van der Waals surface area contributed by atoms with Crippen molar-refractivity contribution in [2.75, 3.05) is 0 Å². The van der Waals surface area contributed by atoms with Crippen LogP contribution in [-0.2, 0) is 4.79 Å². The third-order valence-electron chi connectivity index (χ3n) is 4.65. The monoisotopic (exact) mass is 350 g/mol. The van der Waals surface area contributed by atoms with Crippen molar-refractivity contribution in [3.63, 3.8) is 0 Å². The Morgan fingerprint density at radius 2 is 2.30 bits per heavy atom. The van der Waals surface area contributed by atoms with Crippen LogP contribution in [0.4, 0.5) is 0 Å². The van der Waals surface area contributed by atoms with Gasteiger partial charge in [-0.2, -0.15) is 5.10 Å². The highest BCUT2D eigenvalue weighted by atomic mass is 32.1. The van der Waals surface area contributed by atoms with E-state index in [0.29, 0.717) is 10.7 Å². The van der Waals surface area contributed by atoms with E-state index in [4.69, 9.17) is 12.2 Å². The fourth-order valence-corrected chi connectivity index (χ4v) is 4.20. The zero-order chi connectivity index (χ0) is 16.4. The summed E-state index contributed by atoms with van der Waals surface area (Å²) in [4.78, 5) is 13.7. The Morgan fingerprint density at radius 1 is 1.52 bits per heavy atom. The lowest BCUT2D eigenvalue weighted by molar-refractivity contribution is -0.125. The molecule has 124 valence electrons. The van der Waals surface area contributed by atoms with Crippen LogP contribution < -0.4 is 5.32 Å². The number of amides is 1. The van der Waals surface area contributed by atoms with Gasteiger partial charge in [-0.25, -0.2) is 0 Å². The molecule has 0 aromatic carbocycles. The molecule has 3 unspecified atom stereocenters. The molecule has 0 aliphatic heterocycles. The highest BCUT2D eigenvalue weighted by Gasteiger charge is 2.27. The van der Waals surface area contributed by atoms with Crippen molar-refractivity contribution in [3.8, 4) is 10.7 Å². The lowest BCUT2D eigenvalue weighted by atomic mass is 9.86. The summed E-state index contributed by atoms with van der Waals surface area (Å²) in [6, 6.07) is 3.84. The average Bonchev–Trinajstić information content (AvgIpc) is 3.18. The Hall–Kier alpha value is -1.47. The van der Waals surface area contributed by atoms with Gasteiger partial charge in [0, 0.05) is 6.04 Å². The van der Waals surface area contributed by atoms with Gasteiger partial charge in [0.1, 0.15) is 6.04 Å². The molecule has 1 aliphatic carbocycles. The van der Waals surface area contributed by atoms with E-state index in [1.165, 1.54) is 19.3 Å². The van der Waals surface area contributed by atoms with Gasteiger partial charge in [-0.05, 0) is 49.3 Å². The molecule has 5 nitrogen and oxygen atoms in total. The van der Waals surface area contributed by atoms with Crippen LogP contribution in [0.25, 0.3) is 10.7 Å². The standard InChI is InChI=1S/C16H22N4OS2/c1-10-6-3-4-7-12(10)17-15(21)11(2)20-14(18-19-16(20)22)13-8-5-9-23-13/h5,8-12H,3-4,6-7H2,1-2H3,(H,17,21)(H,19,22). The number of nitrogens with one attached hydrogen (secondary N) is 2. The molecule has 0 saturated heterocycles.